The average molecular weight is 242 g/mol. The third kappa shape index (κ3) is 2.98. The van der Waals surface area contributed by atoms with E-state index in [9.17, 15) is 0 Å². The Morgan fingerprint density at radius 3 is 3.06 bits per heavy atom. The van der Waals surface area contributed by atoms with Crippen molar-refractivity contribution in [1.82, 2.24) is 14.5 Å². The van der Waals surface area contributed by atoms with Crippen LogP contribution >= 0.6 is 11.6 Å². The summed E-state index contributed by atoms with van der Waals surface area (Å²) in [6, 6.07) is 0. The fourth-order valence-corrected chi connectivity index (χ4v) is 2.62. The van der Waals surface area contributed by atoms with Gasteiger partial charge in [-0.15, -0.1) is 11.6 Å². The summed E-state index contributed by atoms with van der Waals surface area (Å²) in [5.74, 6) is 2.60. The maximum Gasteiger partial charge on any atom is 0.105 e. The molecule has 0 bridgehead atoms. The largest absolute Gasteiger partial charge is 0.334 e. The van der Waals surface area contributed by atoms with Gasteiger partial charge >= 0.3 is 0 Å². The number of nitrogens with zero attached hydrogens (tertiary/aromatic N) is 3. The molecule has 1 atom stereocenters. The number of likely N-dealkylation sites (tertiary alicyclic amines) is 1. The fraction of sp³-hybridized carbons (Fsp3) is 0.750. The Balaban J connectivity index is 1.79. The number of hydrogen-bond donors (Lipinski definition) is 0. The molecule has 1 unspecified atom stereocenters. The predicted molar refractivity (Wildman–Crippen MR) is 66.8 cm³/mol. The van der Waals surface area contributed by atoms with Gasteiger partial charge in [-0.25, -0.2) is 4.98 Å². The number of rotatable bonds is 4. The zero-order valence-electron chi connectivity index (χ0n) is 9.90. The molecule has 4 heteroatoms. The highest BCUT2D eigenvalue weighted by Gasteiger charge is 2.18. The van der Waals surface area contributed by atoms with Crippen LogP contribution in [0.25, 0.3) is 0 Å². The number of aromatic nitrogens is 2. The standard InChI is InChI=1S/C12H20ClN3/c1-11-14-4-6-16(11)8-7-15-5-2-3-12(9-13)10-15/h4,6,12H,2-3,5,7-10H2,1H3. The van der Waals surface area contributed by atoms with Crippen molar-refractivity contribution < 1.29 is 0 Å². The second-order valence-electron chi connectivity index (χ2n) is 4.63. The molecule has 90 valence electrons. The smallest absolute Gasteiger partial charge is 0.105 e. The highest BCUT2D eigenvalue weighted by molar-refractivity contribution is 6.18. The quantitative estimate of drug-likeness (QED) is 0.754. The van der Waals surface area contributed by atoms with Gasteiger partial charge in [0.2, 0.25) is 0 Å². The SMILES string of the molecule is Cc1nccn1CCN1CCCC(CCl)C1. The summed E-state index contributed by atoms with van der Waals surface area (Å²) in [4.78, 5) is 6.76. The summed E-state index contributed by atoms with van der Waals surface area (Å²) in [6.07, 6.45) is 6.51. The van der Waals surface area contributed by atoms with Crippen molar-refractivity contribution in [3.63, 3.8) is 0 Å². The Kier molecular flexibility index (Phi) is 4.24. The molecule has 0 aliphatic carbocycles. The van der Waals surface area contributed by atoms with Gasteiger partial charge in [0, 0.05) is 37.9 Å². The van der Waals surface area contributed by atoms with Crippen LogP contribution in [0.1, 0.15) is 18.7 Å². The predicted octanol–water partition coefficient (Wildman–Crippen LogP) is 2.14. The van der Waals surface area contributed by atoms with E-state index in [0.29, 0.717) is 5.92 Å². The van der Waals surface area contributed by atoms with Crippen LogP contribution in [0, 0.1) is 12.8 Å². The highest BCUT2D eigenvalue weighted by atomic mass is 35.5. The normalized spacial score (nSPS) is 22.5. The minimum Gasteiger partial charge on any atom is -0.334 e. The third-order valence-corrected chi connectivity index (χ3v) is 3.84. The molecule has 16 heavy (non-hydrogen) atoms. The minimum absolute atomic E-state index is 0.694. The first-order valence-corrected chi connectivity index (χ1v) is 6.59. The van der Waals surface area contributed by atoms with E-state index in [1.165, 1.54) is 19.4 Å². The molecule has 3 nitrogen and oxygen atoms in total. The number of aryl methyl sites for hydroxylation is 1. The van der Waals surface area contributed by atoms with E-state index in [4.69, 9.17) is 11.6 Å². The van der Waals surface area contributed by atoms with Crippen molar-refractivity contribution in [2.24, 2.45) is 5.92 Å². The lowest BCUT2D eigenvalue weighted by molar-refractivity contribution is 0.179. The van der Waals surface area contributed by atoms with Gasteiger partial charge in [-0.05, 0) is 32.2 Å². The van der Waals surface area contributed by atoms with Crippen LogP contribution in [0.2, 0.25) is 0 Å². The number of hydrogen-bond acceptors (Lipinski definition) is 2. The van der Waals surface area contributed by atoms with Crippen LogP contribution in [-0.2, 0) is 6.54 Å². The lowest BCUT2D eigenvalue weighted by atomic mass is 10.0. The van der Waals surface area contributed by atoms with Crippen LogP contribution in [0.5, 0.6) is 0 Å². The molecular formula is C12H20ClN3. The summed E-state index contributed by atoms with van der Waals surface area (Å²) in [6.45, 7) is 6.60. The summed E-state index contributed by atoms with van der Waals surface area (Å²) < 4.78 is 2.21. The summed E-state index contributed by atoms with van der Waals surface area (Å²) in [7, 11) is 0. The lowest BCUT2D eigenvalue weighted by Gasteiger charge is -2.31. The molecule has 2 rings (SSSR count). The van der Waals surface area contributed by atoms with Crippen molar-refractivity contribution in [2.75, 3.05) is 25.5 Å². The third-order valence-electron chi connectivity index (χ3n) is 3.40. The average Bonchev–Trinajstić information content (AvgIpc) is 2.72. The summed E-state index contributed by atoms with van der Waals surface area (Å²) >= 11 is 5.93. The molecule has 1 aliphatic heterocycles. The molecule has 0 saturated carbocycles. The second kappa shape index (κ2) is 5.69. The molecule has 1 saturated heterocycles. The van der Waals surface area contributed by atoms with Gasteiger partial charge in [0.15, 0.2) is 0 Å². The van der Waals surface area contributed by atoms with Gasteiger partial charge in [0.1, 0.15) is 5.82 Å². The summed E-state index contributed by atoms with van der Waals surface area (Å²) in [5, 5.41) is 0. The van der Waals surface area contributed by atoms with Crippen LogP contribution < -0.4 is 0 Å². The van der Waals surface area contributed by atoms with E-state index in [-0.39, 0.29) is 0 Å². The Hall–Kier alpha value is -0.540. The molecule has 1 fully saturated rings. The van der Waals surface area contributed by atoms with Crippen LogP contribution in [-0.4, -0.2) is 40.0 Å². The molecule has 1 aromatic rings. The van der Waals surface area contributed by atoms with Crippen LogP contribution in [0.4, 0.5) is 0 Å². The van der Waals surface area contributed by atoms with E-state index in [0.717, 1.165) is 31.3 Å². The number of alkyl halides is 1. The molecular weight excluding hydrogens is 222 g/mol. The van der Waals surface area contributed by atoms with E-state index >= 15 is 0 Å². The van der Waals surface area contributed by atoms with Gasteiger partial charge in [0.25, 0.3) is 0 Å². The van der Waals surface area contributed by atoms with Crippen LogP contribution in [0.3, 0.4) is 0 Å². The van der Waals surface area contributed by atoms with Crippen molar-refractivity contribution in [1.29, 1.82) is 0 Å². The van der Waals surface area contributed by atoms with E-state index in [1.807, 2.05) is 6.20 Å². The second-order valence-corrected chi connectivity index (χ2v) is 4.94. The Morgan fingerprint density at radius 1 is 1.50 bits per heavy atom. The van der Waals surface area contributed by atoms with Crippen molar-refractivity contribution >= 4 is 11.6 Å². The van der Waals surface area contributed by atoms with Gasteiger partial charge in [-0.1, -0.05) is 0 Å². The Bertz CT molecular complexity index is 324. The molecule has 0 radical (unpaired) electrons. The fourth-order valence-electron chi connectivity index (χ4n) is 2.37. The first kappa shape index (κ1) is 11.9. The number of imidazole rings is 1. The molecule has 0 spiro atoms. The van der Waals surface area contributed by atoms with Crippen LogP contribution in [0.15, 0.2) is 12.4 Å². The number of piperidine rings is 1. The van der Waals surface area contributed by atoms with E-state index in [2.05, 4.69) is 27.6 Å². The Labute approximate surface area is 102 Å². The minimum atomic E-state index is 0.694. The van der Waals surface area contributed by atoms with E-state index in [1.54, 1.807) is 0 Å². The molecule has 1 aromatic heterocycles. The summed E-state index contributed by atoms with van der Waals surface area (Å²) in [5.41, 5.74) is 0. The van der Waals surface area contributed by atoms with Crippen molar-refractivity contribution in [3.05, 3.63) is 18.2 Å². The molecule has 2 heterocycles. The molecule has 0 N–H and O–H groups in total. The first-order chi connectivity index (χ1) is 7.79. The molecule has 0 aromatic carbocycles. The lowest BCUT2D eigenvalue weighted by Crippen LogP contribution is -2.38. The maximum absolute atomic E-state index is 5.93. The maximum atomic E-state index is 5.93. The van der Waals surface area contributed by atoms with Crippen molar-refractivity contribution in [2.45, 2.75) is 26.3 Å². The van der Waals surface area contributed by atoms with E-state index < -0.39 is 0 Å². The zero-order valence-corrected chi connectivity index (χ0v) is 10.7. The Morgan fingerprint density at radius 2 is 2.38 bits per heavy atom. The monoisotopic (exact) mass is 241 g/mol. The van der Waals surface area contributed by atoms with Gasteiger partial charge in [0.05, 0.1) is 0 Å². The highest BCUT2D eigenvalue weighted by Crippen LogP contribution is 2.17. The molecule has 0 amide bonds. The first-order valence-electron chi connectivity index (χ1n) is 6.05. The molecule has 1 aliphatic rings. The topological polar surface area (TPSA) is 21.1 Å². The number of halogens is 1. The zero-order chi connectivity index (χ0) is 11.4. The van der Waals surface area contributed by atoms with Crippen molar-refractivity contribution in [3.8, 4) is 0 Å². The van der Waals surface area contributed by atoms with Gasteiger partial charge in [-0.2, -0.15) is 0 Å². The van der Waals surface area contributed by atoms with Gasteiger partial charge in [-0.3, -0.25) is 0 Å². The van der Waals surface area contributed by atoms with Gasteiger partial charge < -0.3 is 9.47 Å².